The number of hydrogen-bond acceptors (Lipinski definition) is 6. The molecule has 27 heavy (non-hydrogen) atoms. The number of nitrogens with zero attached hydrogens (tertiary/aromatic N) is 6. The Bertz CT molecular complexity index is 1030. The van der Waals surface area contributed by atoms with Crippen LogP contribution in [0, 0.1) is 0 Å². The number of fused-ring (bicyclic) bond motifs is 1. The van der Waals surface area contributed by atoms with Crippen LogP contribution < -0.4 is 0 Å². The Morgan fingerprint density at radius 1 is 1.07 bits per heavy atom. The minimum Gasteiger partial charge on any atom is -0.359 e. The number of piperidine rings is 1. The van der Waals surface area contributed by atoms with Gasteiger partial charge in [0.25, 0.3) is 0 Å². The summed E-state index contributed by atoms with van der Waals surface area (Å²) >= 11 is 0. The lowest BCUT2D eigenvalue weighted by Gasteiger charge is -2.30. The molecule has 1 saturated heterocycles. The van der Waals surface area contributed by atoms with Crippen molar-refractivity contribution in [3.05, 3.63) is 66.6 Å². The Balaban J connectivity index is 1.23. The average Bonchev–Trinajstić information content (AvgIpc) is 3.37. The summed E-state index contributed by atoms with van der Waals surface area (Å²) in [7, 11) is 0. The van der Waals surface area contributed by atoms with Crippen molar-refractivity contribution in [1.29, 1.82) is 0 Å². The van der Waals surface area contributed by atoms with E-state index >= 15 is 0 Å². The van der Waals surface area contributed by atoms with Crippen molar-refractivity contribution in [1.82, 2.24) is 29.6 Å². The van der Waals surface area contributed by atoms with Gasteiger partial charge in [0.1, 0.15) is 11.5 Å². The quantitative estimate of drug-likeness (QED) is 0.557. The summed E-state index contributed by atoms with van der Waals surface area (Å²) in [5.41, 5.74) is 2.73. The highest BCUT2D eigenvalue weighted by Crippen LogP contribution is 2.28. The lowest BCUT2D eigenvalue weighted by molar-refractivity contribution is 0.181. The smallest absolute Gasteiger partial charge is 0.160 e. The third-order valence-corrected chi connectivity index (χ3v) is 5.19. The maximum absolute atomic E-state index is 5.53. The Morgan fingerprint density at radius 3 is 2.85 bits per heavy atom. The first-order valence-corrected chi connectivity index (χ1v) is 9.25. The van der Waals surface area contributed by atoms with Crippen LogP contribution in [0.25, 0.3) is 16.9 Å². The Kier molecular flexibility index (Phi) is 4.14. The molecule has 0 radical (unpaired) electrons. The molecular formula is C20H20N6O. The second kappa shape index (κ2) is 6.92. The first-order chi connectivity index (χ1) is 13.4. The highest BCUT2D eigenvalue weighted by molar-refractivity contribution is 5.57. The molecule has 0 spiro atoms. The normalized spacial score (nSPS) is 16.1. The van der Waals surface area contributed by atoms with Crippen molar-refractivity contribution in [3.63, 3.8) is 0 Å². The molecule has 0 aromatic carbocycles. The van der Waals surface area contributed by atoms with E-state index in [1.54, 1.807) is 12.4 Å². The van der Waals surface area contributed by atoms with E-state index in [1.807, 2.05) is 42.6 Å². The molecule has 4 aromatic heterocycles. The minimum atomic E-state index is 0.444. The Labute approximate surface area is 156 Å². The first kappa shape index (κ1) is 16.1. The van der Waals surface area contributed by atoms with Gasteiger partial charge in [-0.3, -0.25) is 14.3 Å². The van der Waals surface area contributed by atoms with E-state index in [2.05, 4.69) is 29.6 Å². The van der Waals surface area contributed by atoms with Crippen LogP contribution in [0.2, 0.25) is 0 Å². The van der Waals surface area contributed by atoms with Crippen LogP contribution >= 0.6 is 0 Å². The van der Waals surface area contributed by atoms with Crippen molar-refractivity contribution in [2.24, 2.45) is 0 Å². The molecule has 0 amide bonds. The largest absolute Gasteiger partial charge is 0.359 e. The van der Waals surface area contributed by atoms with Crippen LogP contribution in [0.4, 0.5) is 0 Å². The fraction of sp³-hybridized carbons (Fsp3) is 0.300. The van der Waals surface area contributed by atoms with Crippen molar-refractivity contribution < 1.29 is 4.52 Å². The molecule has 5 rings (SSSR count). The first-order valence-electron chi connectivity index (χ1n) is 9.25. The topological polar surface area (TPSA) is 72.4 Å². The molecule has 7 heteroatoms. The summed E-state index contributed by atoms with van der Waals surface area (Å²) in [6.45, 7) is 2.80. The maximum atomic E-state index is 5.53. The fourth-order valence-electron chi connectivity index (χ4n) is 3.75. The highest BCUT2D eigenvalue weighted by Gasteiger charge is 2.25. The van der Waals surface area contributed by atoms with E-state index in [-0.39, 0.29) is 0 Å². The van der Waals surface area contributed by atoms with E-state index in [9.17, 15) is 0 Å². The number of hydrogen-bond donors (Lipinski definition) is 0. The molecule has 0 saturated carbocycles. The zero-order valence-electron chi connectivity index (χ0n) is 14.9. The number of aromatic nitrogens is 5. The van der Waals surface area contributed by atoms with Gasteiger partial charge in [-0.25, -0.2) is 0 Å². The molecule has 0 atom stereocenters. The third kappa shape index (κ3) is 3.21. The zero-order valence-corrected chi connectivity index (χ0v) is 14.9. The average molecular weight is 360 g/mol. The van der Waals surface area contributed by atoms with Gasteiger partial charge in [0.05, 0.1) is 6.54 Å². The van der Waals surface area contributed by atoms with Gasteiger partial charge >= 0.3 is 0 Å². The predicted molar refractivity (Wildman–Crippen MR) is 100.0 cm³/mol. The molecule has 0 aliphatic carbocycles. The summed E-state index contributed by atoms with van der Waals surface area (Å²) in [6.07, 6.45) is 7.74. The molecule has 0 bridgehead atoms. The predicted octanol–water partition coefficient (Wildman–Crippen LogP) is 3.16. The van der Waals surface area contributed by atoms with E-state index in [4.69, 9.17) is 4.52 Å². The van der Waals surface area contributed by atoms with Crippen LogP contribution in [-0.4, -0.2) is 42.7 Å². The van der Waals surface area contributed by atoms with E-state index in [1.165, 1.54) is 0 Å². The fourth-order valence-corrected chi connectivity index (χ4v) is 3.75. The van der Waals surface area contributed by atoms with Crippen LogP contribution in [-0.2, 0) is 6.54 Å². The SMILES string of the molecule is c1cncc(-c2cc(CN3CCC(c4nnc5ccccn45)CC3)on2)c1. The van der Waals surface area contributed by atoms with Crippen molar-refractivity contribution in [2.75, 3.05) is 13.1 Å². The van der Waals surface area contributed by atoms with Gasteiger partial charge in [0, 0.05) is 36.1 Å². The number of rotatable bonds is 4. The molecule has 0 unspecified atom stereocenters. The van der Waals surface area contributed by atoms with Crippen molar-refractivity contribution in [2.45, 2.75) is 25.3 Å². The molecule has 1 aliphatic rings. The van der Waals surface area contributed by atoms with Gasteiger partial charge in [0.2, 0.25) is 0 Å². The van der Waals surface area contributed by atoms with Crippen molar-refractivity contribution >= 4 is 5.65 Å². The van der Waals surface area contributed by atoms with Gasteiger partial charge in [-0.15, -0.1) is 10.2 Å². The summed E-state index contributed by atoms with van der Waals surface area (Å²) in [5, 5.41) is 12.9. The monoisotopic (exact) mass is 360 g/mol. The molecule has 1 aliphatic heterocycles. The standard InChI is InChI=1S/C20H20N6O/c1-2-9-26-19(5-1)22-23-20(26)15-6-10-25(11-7-15)14-17-12-18(24-27-17)16-4-3-8-21-13-16/h1-5,8-9,12-13,15H,6-7,10-11,14H2. The second-order valence-electron chi connectivity index (χ2n) is 6.96. The molecule has 7 nitrogen and oxygen atoms in total. The second-order valence-corrected chi connectivity index (χ2v) is 6.96. The van der Waals surface area contributed by atoms with Gasteiger partial charge in [-0.2, -0.15) is 0 Å². The van der Waals surface area contributed by atoms with Gasteiger partial charge in [-0.1, -0.05) is 11.2 Å². The summed E-state index contributed by atoms with van der Waals surface area (Å²) in [4.78, 5) is 6.55. The molecule has 1 fully saturated rings. The van der Waals surface area contributed by atoms with Crippen LogP contribution in [0.3, 0.4) is 0 Å². The third-order valence-electron chi connectivity index (χ3n) is 5.19. The van der Waals surface area contributed by atoms with Crippen LogP contribution in [0.15, 0.2) is 59.5 Å². The Morgan fingerprint density at radius 2 is 2.00 bits per heavy atom. The molecule has 5 heterocycles. The molecule has 136 valence electrons. The highest BCUT2D eigenvalue weighted by atomic mass is 16.5. The summed E-state index contributed by atoms with van der Waals surface area (Å²) in [6, 6.07) is 11.9. The molecule has 4 aromatic rings. The lowest BCUT2D eigenvalue weighted by atomic mass is 9.96. The van der Waals surface area contributed by atoms with E-state index in [0.717, 1.165) is 61.0 Å². The molecular weight excluding hydrogens is 340 g/mol. The minimum absolute atomic E-state index is 0.444. The van der Waals surface area contributed by atoms with E-state index in [0.29, 0.717) is 5.92 Å². The molecule has 0 N–H and O–H groups in total. The Hall–Kier alpha value is -3.06. The van der Waals surface area contributed by atoms with E-state index < -0.39 is 0 Å². The zero-order chi connectivity index (χ0) is 18.1. The van der Waals surface area contributed by atoms with Gasteiger partial charge < -0.3 is 4.52 Å². The maximum Gasteiger partial charge on any atom is 0.160 e. The van der Waals surface area contributed by atoms with Crippen LogP contribution in [0.1, 0.15) is 30.3 Å². The summed E-state index contributed by atoms with van der Waals surface area (Å²) in [5.74, 6) is 2.41. The summed E-state index contributed by atoms with van der Waals surface area (Å²) < 4.78 is 7.64. The lowest BCUT2D eigenvalue weighted by Crippen LogP contribution is -2.32. The van der Waals surface area contributed by atoms with Gasteiger partial charge in [-0.05, 0) is 50.2 Å². The van der Waals surface area contributed by atoms with Gasteiger partial charge in [0.15, 0.2) is 11.4 Å². The van der Waals surface area contributed by atoms with Crippen molar-refractivity contribution in [3.8, 4) is 11.3 Å². The van der Waals surface area contributed by atoms with Crippen LogP contribution in [0.5, 0.6) is 0 Å². The number of likely N-dealkylation sites (tertiary alicyclic amines) is 1. The number of pyridine rings is 2.